The fourth-order valence-corrected chi connectivity index (χ4v) is 2.67. The van der Waals surface area contributed by atoms with Crippen molar-refractivity contribution in [1.29, 1.82) is 0 Å². The molecule has 3 rings (SSSR count). The smallest absolute Gasteiger partial charge is 0.297 e. The largest absolute Gasteiger partial charge is 0.432 e. The standard InChI is InChI=1S/C17H23N3O/c1-13(2)9-18-10-16-12-21-17(19-16)20-8-7-14-5-3-4-6-15(14)11-20/h3-6,12-13,18H,7-11H2,1-2H3. The molecule has 2 heterocycles. The molecule has 0 bridgehead atoms. The molecule has 1 aromatic heterocycles. The molecule has 112 valence electrons. The van der Waals surface area contributed by atoms with Crippen molar-refractivity contribution in [3.05, 3.63) is 47.3 Å². The summed E-state index contributed by atoms with van der Waals surface area (Å²) < 4.78 is 5.65. The second kappa shape index (κ2) is 6.31. The van der Waals surface area contributed by atoms with Gasteiger partial charge < -0.3 is 14.6 Å². The van der Waals surface area contributed by atoms with Crippen molar-refractivity contribution >= 4 is 6.01 Å². The summed E-state index contributed by atoms with van der Waals surface area (Å²) in [5.74, 6) is 0.648. The van der Waals surface area contributed by atoms with Crippen molar-refractivity contribution < 1.29 is 4.42 Å². The first-order valence-corrected chi connectivity index (χ1v) is 7.69. The number of anilines is 1. The van der Waals surface area contributed by atoms with E-state index in [0.29, 0.717) is 5.92 Å². The van der Waals surface area contributed by atoms with Crippen LogP contribution in [0.3, 0.4) is 0 Å². The van der Waals surface area contributed by atoms with Crippen LogP contribution in [0.1, 0.15) is 30.7 Å². The molecule has 0 radical (unpaired) electrons. The van der Waals surface area contributed by atoms with Crippen LogP contribution in [-0.2, 0) is 19.5 Å². The Morgan fingerprint density at radius 3 is 2.90 bits per heavy atom. The number of rotatable bonds is 5. The Morgan fingerprint density at radius 1 is 1.29 bits per heavy atom. The van der Waals surface area contributed by atoms with Crippen molar-refractivity contribution in [3.8, 4) is 0 Å². The van der Waals surface area contributed by atoms with E-state index in [1.807, 2.05) is 0 Å². The second-order valence-corrected chi connectivity index (χ2v) is 6.09. The number of fused-ring (bicyclic) bond motifs is 1. The Kier molecular flexibility index (Phi) is 4.25. The zero-order valence-corrected chi connectivity index (χ0v) is 12.8. The highest BCUT2D eigenvalue weighted by atomic mass is 16.4. The topological polar surface area (TPSA) is 41.3 Å². The molecule has 0 atom stereocenters. The van der Waals surface area contributed by atoms with E-state index in [4.69, 9.17) is 4.42 Å². The average Bonchev–Trinajstić information content (AvgIpc) is 2.95. The summed E-state index contributed by atoms with van der Waals surface area (Å²) in [6, 6.07) is 9.35. The lowest BCUT2D eigenvalue weighted by molar-refractivity contribution is 0.521. The summed E-state index contributed by atoms with van der Waals surface area (Å²) in [4.78, 5) is 6.82. The van der Waals surface area contributed by atoms with Gasteiger partial charge in [-0.05, 0) is 30.0 Å². The van der Waals surface area contributed by atoms with Gasteiger partial charge in [-0.1, -0.05) is 38.1 Å². The number of hydrogen-bond donors (Lipinski definition) is 1. The molecule has 0 spiro atoms. The van der Waals surface area contributed by atoms with Crippen LogP contribution in [0.4, 0.5) is 6.01 Å². The molecule has 0 fully saturated rings. The van der Waals surface area contributed by atoms with Crippen molar-refractivity contribution in [2.75, 3.05) is 18.0 Å². The van der Waals surface area contributed by atoms with Crippen LogP contribution >= 0.6 is 0 Å². The van der Waals surface area contributed by atoms with Gasteiger partial charge in [-0.3, -0.25) is 0 Å². The first-order valence-electron chi connectivity index (χ1n) is 7.69. The van der Waals surface area contributed by atoms with E-state index < -0.39 is 0 Å². The molecule has 1 N–H and O–H groups in total. The van der Waals surface area contributed by atoms with Gasteiger partial charge in [-0.25, -0.2) is 0 Å². The molecule has 4 nitrogen and oxygen atoms in total. The Labute approximate surface area is 126 Å². The van der Waals surface area contributed by atoms with E-state index in [1.54, 1.807) is 6.26 Å². The molecule has 4 heteroatoms. The van der Waals surface area contributed by atoms with Gasteiger partial charge in [0, 0.05) is 19.6 Å². The van der Waals surface area contributed by atoms with Gasteiger partial charge in [-0.2, -0.15) is 4.98 Å². The van der Waals surface area contributed by atoms with E-state index >= 15 is 0 Å². The van der Waals surface area contributed by atoms with E-state index in [9.17, 15) is 0 Å². The van der Waals surface area contributed by atoms with Gasteiger partial charge in [0.2, 0.25) is 0 Å². The van der Waals surface area contributed by atoms with Crippen molar-refractivity contribution in [3.63, 3.8) is 0 Å². The van der Waals surface area contributed by atoms with Crippen molar-refractivity contribution in [2.45, 2.75) is 33.4 Å². The SMILES string of the molecule is CC(C)CNCc1coc(N2CCc3ccccc3C2)n1. The molecule has 1 aromatic carbocycles. The van der Waals surface area contributed by atoms with Gasteiger partial charge in [-0.15, -0.1) is 0 Å². The fourth-order valence-electron chi connectivity index (χ4n) is 2.67. The third kappa shape index (κ3) is 3.45. The van der Waals surface area contributed by atoms with Crippen LogP contribution in [-0.4, -0.2) is 18.1 Å². The summed E-state index contributed by atoms with van der Waals surface area (Å²) in [7, 11) is 0. The Balaban J connectivity index is 1.62. The maximum atomic E-state index is 5.65. The van der Waals surface area contributed by atoms with E-state index in [0.717, 1.165) is 44.3 Å². The Morgan fingerprint density at radius 2 is 2.10 bits per heavy atom. The van der Waals surface area contributed by atoms with Gasteiger partial charge in [0.05, 0.1) is 5.69 Å². The molecule has 0 saturated heterocycles. The molecule has 1 aliphatic rings. The third-order valence-corrected chi connectivity index (χ3v) is 3.80. The molecule has 21 heavy (non-hydrogen) atoms. The average molecular weight is 285 g/mol. The minimum absolute atomic E-state index is 0.648. The third-order valence-electron chi connectivity index (χ3n) is 3.80. The number of hydrogen-bond acceptors (Lipinski definition) is 4. The van der Waals surface area contributed by atoms with Crippen LogP contribution in [0.25, 0.3) is 0 Å². The van der Waals surface area contributed by atoms with Crippen molar-refractivity contribution in [2.24, 2.45) is 5.92 Å². The van der Waals surface area contributed by atoms with Crippen molar-refractivity contribution in [1.82, 2.24) is 10.3 Å². The summed E-state index contributed by atoms with van der Waals surface area (Å²) in [5, 5.41) is 3.39. The van der Waals surface area contributed by atoms with E-state index in [1.165, 1.54) is 11.1 Å². The minimum atomic E-state index is 0.648. The predicted molar refractivity (Wildman–Crippen MR) is 84.2 cm³/mol. The number of nitrogens with one attached hydrogen (secondary N) is 1. The highest BCUT2D eigenvalue weighted by molar-refractivity contribution is 5.38. The second-order valence-electron chi connectivity index (χ2n) is 6.09. The zero-order chi connectivity index (χ0) is 14.7. The first kappa shape index (κ1) is 14.1. The van der Waals surface area contributed by atoms with Crippen LogP contribution in [0, 0.1) is 5.92 Å². The predicted octanol–water partition coefficient (Wildman–Crippen LogP) is 2.98. The van der Waals surface area contributed by atoms with Gasteiger partial charge in [0.15, 0.2) is 0 Å². The van der Waals surface area contributed by atoms with Gasteiger partial charge in [0.1, 0.15) is 6.26 Å². The molecule has 0 unspecified atom stereocenters. The monoisotopic (exact) mass is 285 g/mol. The molecule has 1 aliphatic heterocycles. The van der Waals surface area contributed by atoms with Crippen LogP contribution < -0.4 is 10.2 Å². The minimum Gasteiger partial charge on any atom is -0.432 e. The highest BCUT2D eigenvalue weighted by Crippen LogP contribution is 2.23. The summed E-state index contributed by atoms with van der Waals surface area (Å²) in [5.41, 5.74) is 3.80. The quantitative estimate of drug-likeness (QED) is 0.917. The van der Waals surface area contributed by atoms with E-state index in [-0.39, 0.29) is 0 Å². The molecular formula is C17H23N3O. The maximum Gasteiger partial charge on any atom is 0.297 e. The van der Waals surface area contributed by atoms with Gasteiger partial charge in [0.25, 0.3) is 6.01 Å². The normalized spacial score (nSPS) is 14.5. The number of benzene rings is 1. The molecule has 0 aliphatic carbocycles. The van der Waals surface area contributed by atoms with Crippen LogP contribution in [0.2, 0.25) is 0 Å². The highest BCUT2D eigenvalue weighted by Gasteiger charge is 2.19. The Hall–Kier alpha value is -1.81. The molecule has 0 saturated carbocycles. The maximum absolute atomic E-state index is 5.65. The summed E-state index contributed by atoms with van der Waals surface area (Å²) >= 11 is 0. The van der Waals surface area contributed by atoms with E-state index in [2.05, 4.69) is 53.3 Å². The fraction of sp³-hybridized carbons (Fsp3) is 0.471. The van der Waals surface area contributed by atoms with Crippen LogP contribution in [0.5, 0.6) is 0 Å². The number of aromatic nitrogens is 1. The number of oxazole rings is 1. The molecule has 2 aromatic rings. The van der Waals surface area contributed by atoms with Crippen LogP contribution in [0.15, 0.2) is 34.9 Å². The lowest BCUT2D eigenvalue weighted by Crippen LogP contribution is -2.30. The summed E-state index contributed by atoms with van der Waals surface area (Å²) in [6.45, 7) is 8.02. The summed E-state index contributed by atoms with van der Waals surface area (Å²) in [6.07, 6.45) is 2.82. The number of nitrogens with zero attached hydrogens (tertiary/aromatic N) is 2. The Bertz CT molecular complexity index is 591. The lowest BCUT2D eigenvalue weighted by atomic mass is 10.0. The first-order chi connectivity index (χ1) is 10.2. The zero-order valence-electron chi connectivity index (χ0n) is 12.8. The molecular weight excluding hydrogens is 262 g/mol. The lowest BCUT2D eigenvalue weighted by Gasteiger charge is -2.27. The molecule has 0 amide bonds. The van der Waals surface area contributed by atoms with Gasteiger partial charge >= 0.3 is 0 Å².